The van der Waals surface area contributed by atoms with E-state index in [1.807, 2.05) is 24.3 Å². The molecule has 1 aromatic heterocycles. The average Bonchev–Trinajstić information content (AvgIpc) is 2.78. The molecule has 1 saturated heterocycles. The van der Waals surface area contributed by atoms with Gasteiger partial charge in [0, 0.05) is 22.8 Å². The highest BCUT2D eigenvalue weighted by atomic mass is 16.5. The molecule has 3 aromatic rings. The van der Waals surface area contributed by atoms with Crippen molar-refractivity contribution < 1.29 is 30.0 Å². The largest absolute Gasteiger partial charge is 0.394 e. The Morgan fingerprint density at radius 1 is 1.00 bits per heavy atom. The zero-order valence-electron chi connectivity index (χ0n) is 15.9. The highest BCUT2D eigenvalue weighted by molar-refractivity contribution is 6.05. The van der Waals surface area contributed by atoms with Gasteiger partial charge in [-0.3, -0.25) is 9.78 Å². The first-order valence-corrected chi connectivity index (χ1v) is 9.54. The zero-order chi connectivity index (χ0) is 21.3. The van der Waals surface area contributed by atoms with E-state index in [0.717, 1.165) is 10.9 Å². The number of ether oxygens (including phenoxy) is 1. The lowest BCUT2D eigenvalue weighted by atomic mass is 9.90. The van der Waals surface area contributed by atoms with E-state index in [1.165, 1.54) is 0 Å². The van der Waals surface area contributed by atoms with Gasteiger partial charge in [-0.15, -0.1) is 0 Å². The molecule has 0 unspecified atom stereocenters. The SMILES string of the molecule is O=C(Nc1ccc2ncccc2c1)c1cccc([C@H]2O[C@H](CO)[C@@H](O)[C@H](O)[C@@H]2O)c1. The van der Waals surface area contributed by atoms with Crippen molar-refractivity contribution in [1.82, 2.24) is 4.98 Å². The third kappa shape index (κ3) is 3.91. The third-order valence-corrected chi connectivity index (χ3v) is 5.23. The van der Waals surface area contributed by atoms with Crippen molar-refractivity contribution in [2.45, 2.75) is 30.5 Å². The van der Waals surface area contributed by atoms with E-state index in [1.54, 1.807) is 36.5 Å². The van der Waals surface area contributed by atoms with Crippen LogP contribution in [0.25, 0.3) is 10.9 Å². The van der Waals surface area contributed by atoms with E-state index in [0.29, 0.717) is 16.8 Å². The van der Waals surface area contributed by atoms with Crippen molar-refractivity contribution in [2.24, 2.45) is 0 Å². The highest BCUT2D eigenvalue weighted by Crippen LogP contribution is 2.32. The van der Waals surface area contributed by atoms with Gasteiger partial charge in [0.25, 0.3) is 5.91 Å². The number of aliphatic hydroxyl groups excluding tert-OH is 4. The molecular weight excluding hydrogens is 388 g/mol. The van der Waals surface area contributed by atoms with Crippen LogP contribution < -0.4 is 5.32 Å². The zero-order valence-corrected chi connectivity index (χ0v) is 15.9. The molecule has 0 bridgehead atoms. The Labute approximate surface area is 172 Å². The summed E-state index contributed by atoms with van der Waals surface area (Å²) in [5, 5.41) is 43.4. The van der Waals surface area contributed by atoms with Crippen LogP contribution in [0.5, 0.6) is 0 Å². The monoisotopic (exact) mass is 410 g/mol. The molecule has 0 aliphatic carbocycles. The number of rotatable bonds is 4. The summed E-state index contributed by atoms with van der Waals surface area (Å²) in [7, 11) is 0. The molecule has 5 N–H and O–H groups in total. The summed E-state index contributed by atoms with van der Waals surface area (Å²) in [5.74, 6) is -0.357. The maximum Gasteiger partial charge on any atom is 0.255 e. The van der Waals surface area contributed by atoms with Gasteiger partial charge in [-0.25, -0.2) is 0 Å². The second-order valence-electron chi connectivity index (χ2n) is 7.24. The van der Waals surface area contributed by atoms with Crippen LogP contribution in [0.2, 0.25) is 0 Å². The molecule has 2 aromatic carbocycles. The predicted octanol–water partition coefficient (Wildman–Crippen LogP) is 1.00. The number of aliphatic hydroxyl groups is 4. The molecule has 8 nitrogen and oxygen atoms in total. The van der Waals surface area contributed by atoms with Gasteiger partial charge < -0.3 is 30.5 Å². The number of pyridine rings is 1. The van der Waals surface area contributed by atoms with Crippen LogP contribution in [0.15, 0.2) is 60.8 Å². The first-order valence-electron chi connectivity index (χ1n) is 9.54. The van der Waals surface area contributed by atoms with Crippen molar-refractivity contribution >= 4 is 22.5 Å². The van der Waals surface area contributed by atoms with Crippen molar-refractivity contribution in [2.75, 3.05) is 11.9 Å². The Balaban J connectivity index is 1.55. The van der Waals surface area contributed by atoms with Gasteiger partial charge in [-0.05, 0) is 42.0 Å². The molecule has 156 valence electrons. The summed E-state index contributed by atoms with van der Waals surface area (Å²) in [6, 6.07) is 15.6. The van der Waals surface area contributed by atoms with Crippen molar-refractivity contribution in [3.05, 3.63) is 71.9 Å². The Morgan fingerprint density at radius 3 is 2.63 bits per heavy atom. The number of carbonyl (C=O) groups is 1. The fraction of sp³-hybridized carbons (Fsp3) is 0.273. The number of benzene rings is 2. The summed E-state index contributed by atoms with van der Waals surface area (Å²) in [5.41, 5.74) is 2.21. The number of hydrogen-bond donors (Lipinski definition) is 5. The first-order chi connectivity index (χ1) is 14.5. The smallest absolute Gasteiger partial charge is 0.255 e. The molecule has 0 spiro atoms. The van der Waals surface area contributed by atoms with Crippen LogP contribution >= 0.6 is 0 Å². The maximum absolute atomic E-state index is 12.7. The van der Waals surface area contributed by atoms with E-state index < -0.39 is 37.1 Å². The molecule has 4 rings (SSSR count). The van der Waals surface area contributed by atoms with Crippen molar-refractivity contribution in [3.8, 4) is 0 Å². The lowest BCUT2D eigenvalue weighted by Crippen LogP contribution is -2.55. The molecular formula is C22H22N2O6. The molecule has 1 fully saturated rings. The van der Waals surface area contributed by atoms with Crippen LogP contribution in [-0.4, -0.2) is 62.3 Å². The predicted molar refractivity (Wildman–Crippen MR) is 109 cm³/mol. The molecule has 1 aliphatic rings. The molecule has 2 heterocycles. The highest BCUT2D eigenvalue weighted by Gasteiger charge is 2.44. The van der Waals surface area contributed by atoms with E-state index in [4.69, 9.17) is 4.74 Å². The summed E-state index contributed by atoms with van der Waals surface area (Å²) in [4.78, 5) is 17.0. The minimum absolute atomic E-state index is 0.329. The lowest BCUT2D eigenvalue weighted by Gasteiger charge is -2.40. The second kappa shape index (κ2) is 8.47. The molecule has 8 heteroatoms. The van der Waals surface area contributed by atoms with E-state index in [-0.39, 0.29) is 5.91 Å². The van der Waals surface area contributed by atoms with Crippen LogP contribution in [0.1, 0.15) is 22.0 Å². The minimum atomic E-state index is -1.48. The molecule has 0 radical (unpaired) electrons. The number of nitrogens with zero attached hydrogens (tertiary/aromatic N) is 1. The van der Waals surface area contributed by atoms with E-state index >= 15 is 0 Å². The van der Waals surface area contributed by atoms with Gasteiger partial charge in [0.05, 0.1) is 12.1 Å². The number of hydrogen-bond acceptors (Lipinski definition) is 7. The van der Waals surface area contributed by atoms with Gasteiger partial charge in [-0.2, -0.15) is 0 Å². The van der Waals surface area contributed by atoms with E-state index in [2.05, 4.69) is 10.3 Å². The first kappa shape index (κ1) is 20.4. The number of aromatic nitrogens is 1. The molecule has 0 saturated carbocycles. The van der Waals surface area contributed by atoms with Crippen LogP contribution in [0.4, 0.5) is 5.69 Å². The Kier molecular flexibility index (Phi) is 5.76. The van der Waals surface area contributed by atoms with E-state index in [9.17, 15) is 25.2 Å². The topological polar surface area (TPSA) is 132 Å². The number of carbonyl (C=O) groups excluding carboxylic acids is 1. The summed E-state index contributed by atoms with van der Waals surface area (Å²) >= 11 is 0. The van der Waals surface area contributed by atoms with Crippen molar-refractivity contribution in [1.29, 1.82) is 0 Å². The van der Waals surface area contributed by atoms with Gasteiger partial charge in [0.1, 0.15) is 30.5 Å². The summed E-state index contributed by atoms with van der Waals surface area (Å²) < 4.78 is 5.57. The number of amides is 1. The van der Waals surface area contributed by atoms with Gasteiger partial charge in [0.15, 0.2) is 0 Å². The Bertz CT molecular complexity index is 1060. The number of anilines is 1. The molecule has 1 aliphatic heterocycles. The number of nitrogens with one attached hydrogen (secondary N) is 1. The van der Waals surface area contributed by atoms with Gasteiger partial charge in [0.2, 0.25) is 0 Å². The third-order valence-electron chi connectivity index (χ3n) is 5.23. The Morgan fingerprint density at radius 2 is 1.83 bits per heavy atom. The summed E-state index contributed by atoms with van der Waals surface area (Å²) in [6.07, 6.45) is -4.64. The Hall–Kier alpha value is -2.88. The van der Waals surface area contributed by atoms with Crippen LogP contribution in [-0.2, 0) is 4.74 Å². The molecule has 5 atom stereocenters. The normalized spacial score (nSPS) is 26.5. The second-order valence-corrected chi connectivity index (χ2v) is 7.24. The molecule has 1 amide bonds. The average molecular weight is 410 g/mol. The van der Waals surface area contributed by atoms with Gasteiger partial charge >= 0.3 is 0 Å². The summed E-state index contributed by atoms with van der Waals surface area (Å²) in [6.45, 7) is -0.515. The van der Waals surface area contributed by atoms with Crippen LogP contribution in [0, 0.1) is 0 Å². The fourth-order valence-electron chi connectivity index (χ4n) is 3.59. The maximum atomic E-state index is 12.7. The minimum Gasteiger partial charge on any atom is -0.394 e. The lowest BCUT2D eigenvalue weighted by molar-refractivity contribution is -0.231. The molecule has 30 heavy (non-hydrogen) atoms. The van der Waals surface area contributed by atoms with Crippen LogP contribution in [0.3, 0.4) is 0 Å². The standard InChI is InChI=1S/C22H22N2O6/c25-11-17-18(26)19(27)20(28)21(30-17)13-3-1-4-14(9-13)22(29)24-15-6-7-16-12(10-15)5-2-8-23-16/h1-10,17-21,25-28H,11H2,(H,24,29)/t17-,18-,19+,20+,21-/m1/s1. The quantitative estimate of drug-likeness (QED) is 0.433. The fourth-order valence-corrected chi connectivity index (χ4v) is 3.59. The number of fused-ring (bicyclic) bond motifs is 1. The van der Waals surface area contributed by atoms with Crippen molar-refractivity contribution in [3.63, 3.8) is 0 Å². The van der Waals surface area contributed by atoms with Gasteiger partial charge in [-0.1, -0.05) is 18.2 Å².